The van der Waals surface area contributed by atoms with Gasteiger partial charge in [0.05, 0.1) is 9.92 Å². The first kappa shape index (κ1) is 15.8. The molecule has 0 bridgehead atoms. The highest BCUT2D eigenvalue weighted by molar-refractivity contribution is 7.89. The minimum absolute atomic E-state index is 0.0739. The highest BCUT2D eigenvalue weighted by Gasteiger charge is 2.10. The summed E-state index contributed by atoms with van der Waals surface area (Å²) in [7, 11) is -2.07. The molecule has 0 radical (unpaired) electrons. The van der Waals surface area contributed by atoms with Crippen LogP contribution in [-0.2, 0) is 16.6 Å². The lowest BCUT2D eigenvalue weighted by Crippen LogP contribution is -2.18. The van der Waals surface area contributed by atoms with Crippen LogP contribution in [0.5, 0.6) is 0 Å². The van der Waals surface area contributed by atoms with Crippen LogP contribution in [0.1, 0.15) is 5.56 Å². The molecule has 0 unspecified atom stereocenters. The molecule has 0 aromatic heterocycles. The summed E-state index contributed by atoms with van der Waals surface area (Å²) in [5.41, 5.74) is 1.58. The summed E-state index contributed by atoms with van der Waals surface area (Å²) in [5, 5.41) is 3.18. The van der Waals surface area contributed by atoms with E-state index in [1.807, 2.05) is 0 Å². The zero-order valence-corrected chi connectivity index (χ0v) is 12.8. The second-order valence-electron chi connectivity index (χ2n) is 4.33. The lowest BCUT2D eigenvalue weighted by molar-refractivity contribution is 0.588. The molecule has 7 heteroatoms. The Kier molecular flexibility index (Phi) is 4.82. The Morgan fingerprint density at radius 2 is 1.81 bits per heavy atom. The van der Waals surface area contributed by atoms with Gasteiger partial charge in [0.15, 0.2) is 0 Å². The van der Waals surface area contributed by atoms with Crippen molar-refractivity contribution >= 4 is 27.3 Å². The second kappa shape index (κ2) is 6.43. The standard InChI is InChI=1S/C14H14ClFN2O2S/c1-17-21(19,20)12-5-3-11(4-6-12)18-9-10-2-7-14(16)13(15)8-10/h2-8,17-18H,9H2,1H3. The molecule has 0 aliphatic carbocycles. The van der Waals surface area contributed by atoms with Crippen LogP contribution in [0.4, 0.5) is 10.1 Å². The number of sulfonamides is 1. The second-order valence-corrected chi connectivity index (χ2v) is 6.63. The van der Waals surface area contributed by atoms with Gasteiger partial charge in [0.2, 0.25) is 10.0 Å². The first-order chi connectivity index (χ1) is 9.92. The van der Waals surface area contributed by atoms with Crippen molar-refractivity contribution in [2.45, 2.75) is 11.4 Å². The Balaban J connectivity index is 2.05. The molecule has 0 aliphatic heterocycles. The minimum atomic E-state index is -3.43. The third kappa shape index (κ3) is 3.93. The van der Waals surface area contributed by atoms with Crippen LogP contribution in [0.25, 0.3) is 0 Å². The predicted octanol–water partition coefficient (Wildman–Crippen LogP) is 3.00. The highest BCUT2D eigenvalue weighted by atomic mass is 35.5. The molecule has 2 aromatic rings. The van der Waals surface area contributed by atoms with Gasteiger partial charge in [-0.15, -0.1) is 0 Å². The average Bonchev–Trinajstić information content (AvgIpc) is 2.49. The molecule has 21 heavy (non-hydrogen) atoms. The molecule has 0 spiro atoms. The molecule has 0 saturated carbocycles. The lowest BCUT2D eigenvalue weighted by atomic mass is 10.2. The van der Waals surface area contributed by atoms with E-state index < -0.39 is 15.8 Å². The van der Waals surface area contributed by atoms with Crippen LogP contribution in [0.3, 0.4) is 0 Å². The third-order valence-corrected chi connectivity index (χ3v) is 4.63. The topological polar surface area (TPSA) is 58.2 Å². The van der Waals surface area contributed by atoms with Gasteiger partial charge in [0.25, 0.3) is 0 Å². The largest absolute Gasteiger partial charge is 0.381 e. The van der Waals surface area contributed by atoms with Crippen LogP contribution in [0, 0.1) is 5.82 Å². The maximum atomic E-state index is 13.0. The molecular formula is C14H14ClFN2O2S. The van der Waals surface area contributed by atoms with Gasteiger partial charge in [-0.3, -0.25) is 0 Å². The molecule has 0 fully saturated rings. The number of hydrogen-bond acceptors (Lipinski definition) is 3. The summed E-state index contributed by atoms with van der Waals surface area (Å²) in [6.07, 6.45) is 0. The quantitative estimate of drug-likeness (QED) is 0.887. The van der Waals surface area contributed by atoms with E-state index in [0.717, 1.165) is 11.3 Å². The summed E-state index contributed by atoms with van der Waals surface area (Å²) in [5.74, 6) is -0.456. The van der Waals surface area contributed by atoms with Crippen molar-refractivity contribution < 1.29 is 12.8 Å². The van der Waals surface area contributed by atoms with Gasteiger partial charge in [0, 0.05) is 12.2 Å². The summed E-state index contributed by atoms with van der Waals surface area (Å²) < 4.78 is 38.4. The Hall–Kier alpha value is -1.63. The molecule has 0 amide bonds. The van der Waals surface area contributed by atoms with Crippen LogP contribution >= 0.6 is 11.6 Å². The van der Waals surface area contributed by atoms with E-state index in [-0.39, 0.29) is 9.92 Å². The first-order valence-corrected chi connectivity index (χ1v) is 8.00. The fourth-order valence-corrected chi connectivity index (χ4v) is 2.66. The fraction of sp³-hybridized carbons (Fsp3) is 0.143. The molecule has 2 aromatic carbocycles. The fourth-order valence-electron chi connectivity index (χ4n) is 1.72. The molecular weight excluding hydrogens is 315 g/mol. The van der Waals surface area contributed by atoms with Crippen molar-refractivity contribution in [2.24, 2.45) is 0 Å². The van der Waals surface area contributed by atoms with Gasteiger partial charge in [-0.05, 0) is 49.0 Å². The third-order valence-electron chi connectivity index (χ3n) is 2.91. The van der Waals surface area contributed by atoms with Crippen molar-refractivity contribution in [2.75, 3.05) is 12.4 Å². The number of benzene rings is 2. The maximum absolute atomic E-state index is 13.0. The number of halogens is 2. The molecule has 4 nitrogen and oxygen atoms in total. The molecule has 0 heterocycles. The first-order valence-electron chi connectivity index (χ1n) is 6.14. The molecule has 2 rings (SSSR count). The highest BCUT2D eigenvalue weighted by Crippen LogP contribution is 2.18. The van der Waals surface area contributed by atoms with Crippen LogP contribution in [0.15, 0.2) is 47.4 Å². The molecule has 0 saturated heterocycles. The van der Waals surface area contributed by atoms with Crippen molar-refractivity contribution in [1.82, 2.24) is 4.72 Å². The SMILES string of the molecule is CNS(=O)(=O)c1ccc(NCc2ccc(F)c(Cl)c2)cc1. The summed E-state index contributed by atoms with van der Waals surface area (Å²) >= 11 is 5.71. The van der Waals surface area contributed by atoms with Crippen molar-refractivity contribution in [3.8, 4) is 0 Å². The van der Waals surface area contributed by atoms with Crippen LogP contribution in [-0.4, -0.2) is 15.5 Å². The summed E-state index contributed by atoms with van der Waals surface area (Å²) in [6, 6.07) is 10.8. The number of nitrogens with one attached hydrogen (secondary N) is 2. The Morgan fingerprint density at radius 1 is 1.14 bits per heavy atom. The zero-order chi connectivity index (χ0) is 15.5. The predicted molar refractivity (Wildman–Crippen MR) is 81.4 cm³/mol. The minimum Gasteiger partial charge on any atom is -0.381 e. The van der Waals surface area contributed by atoms with E-state index in [2.05, 4.69) is 10.0 Å². The molecule has 0 atom stereocenters. The number of hydrogen-bond donors (Lipinski definition) is 2. The van der Waals surface area contributed by atoms with Gasteiger partial charge in [-0.2, -0.15) is 0 Å². The van der Waals surface area contributed by atoms with E-state index >= 15 is 0 Å². The van der Waals surface area contributed by atoms with Crippen molar-refractivity contribution in [1.29, 1.82) is 0 Å². The van der Waals surface area contributed by atoms with Crippen molar-refractivity contribution in [3.05, 3.63) is 58.9 Å². The van der Waals surface area contributed by atoms with Gasteiger partial charge in [-0.1, -0.05) is 17.7 Å². The van der Waals surface area contributed by atoms with E-state index in [4.69, 9.17) is 11.6 Å². The average molecular weight is 329 g/mol. The molecule has 0 aliphatic rings. The normalized spacial score (nSPS) is 11.4. The Morgan fingerprint density at radius 3 is 2.38 bits per heavy atom. The lowest BCUT2D eigenvalue weighted by Gasteiger charge is -2.08. The van der Waals surface area contributed by atoms with Gasteiger partial charge >= 0.3 is 0 Å². The Bertz CT molecular complexity index is 733. The number of rotatable bonds is 5. The monoisotopic (exact) mass is 328 g/mol. The zero-order valence-electron chi connectivity index (χ0n) is 11.2. The smallest absolute Gasteiger partial charge is 0.240 e. The van der Waals surface area contributed by atoms with Gasteiger partial charge in [0.1, 0.15) is 5.82 Å². The van der Waals surface area contributed by atoms with Crippen LogP contribution in [0.2, 0.25) is 5.02 Å². The van der Waals surface area contributed by atoms with E-state index in [1.165, 1.54) is 25.2 Å². The summed E-state index contributed by atoms with van der Waals surface area (Å²) in [4.78, 5) is 0.195. The van der Waals surface area contributed by atoms with Crippen molar-refractivity contribution in [3.63, 3.8) is 0 Å². The maximum Gasteiger partial charge on any atom is 0.240 e. The van der Waals surface area contributed by atoms with Gasteiger partial charge in [-0.25, -0.2) is 17.5 Å². The van der Waals surface area contributed by atoms with Gasteiger partial charge < -0.3 is 5.32 Å². The summed E-state index contributed by atoms with van der Waals surface area (Å²) in [6.45, 7) is 0.456. The van der Waals surface area contributed by atoms with E-state index in [9.17, 15) is 12.8 Å². The van der Waals surface area contributed by atoms with E-state index in [0.29, 0.717) is 6.54 Å². The van der Waals surface area contributed by atoms with E-state index in [1.54, 1.807) is 24.3 Å². The Labute approximate surface area is 128 Å². The molecule has 2 N–H and O–H groups in total. The number of anilines is 1. The van der Waals surface area contributed by atoms with Crippen LogP contribution < -0.4 is 10.0 Å². The molecule has 112 valence electrons.